The SMILES string of the molecule is COc1ccc(Br)cc1-c1nc(COC(=O)Cc2c(C)noc2C)cs1. The van der Waals surface area contributed by atoms with Crippen LogP contribution in [0.5, 0.6) is 5.75 Å². The van der Waals surface area contributed by atoms with E-state index in [0.29, 0.717) is 17.1 Å². The summed E-state index contributed by atoms with van der Waals surface area (Å²) in [5.74, 6) is 1.04. The normalized spacial score (nSPS) is 10.8. The number of benzene rings is 1. The van der Waals surface area contributed by atoms with Gasteiger partial charge in [0.2, 0.25) is 0 Å². The van der Waals surface area contributed by atoms with Gasteiger partial charge < -0.3 is 14.0 Å². The zero-order chi connectivity index (χ0) is 18.7. The number of aromatic nitrogens is 2. The Bertz CT molecular complexity index is 916. The molecule has 0 amide bonds. The quantitative estimate of drug-likeness (QED) is 0.530. The van der Waals surface area contributed by atoms with Crippen molar-refractivity contribution < 1.29 is 18.8 Å². The molecule has 0 atom stereocenters. The molecule has 136 valence electrons. The predicted octanol–water partition coefficient (Wildman–Crippen LogP) is 4.47. The van der Waals surface area contributed by atoms with Gasteiger partial charge in [0.15, 0.2) is 0 Å². The Hall–Kier alpha value is -2.19. The lowest BCUT2D eigenvalue weighted by molar-refractivity contribution is -0.144. The molecule has 0 fully saturated rings. The number of aryl methyl sites for hydroxylation is 2. The topological polar surface area (TPSA) is 74.5 Å². The number of hydrogen-bond donors (Lipinski definition) is 0. The Morgan fingerprint density at radius 1 is 1.35 bits per heavy atom. The summed E-state index contributed by atoms with van der Waals surface area (Å²) in [4.78, 5) is 16.6. The number of carbonyl (C=O) groups is 1. The van der Waals surface area contributed by atoms with E-state index in [4.69, 9.17) is 14.0 Å². The van der Waals surface area contributed by atoms with E-state index in [1.165, 1.54) is 11.3 Å². The van der Waals surface area contributed by atoms with Gasteiger partial charge in [0.1, 0.15) is 23.1 Å². The summed E-state index contributed by atoms with van der Waals surface area (Å²) < 4.78 is 16.7. The van der Waals surface area contributed by atoms with Crippen molar-refractivity contribution in [3.8, 4) is 16.3 Å². The van der Waals surface area contributed by atoms with Crippen molar-refractivity contribution in [3.05, 3.63) is 50.8 Å². The zero-order valence-corrected chi connectivity index (χ0v) is 16.9. The average molecular weight is 437 g/mol. The maximum absolute atomic E-state index is 12.1. The van der Waals surface area contributed by atoms with Crippen molar-refractivity contribution in [2.45, 2.75) is 26.9 Å². The van der Waals surface area contributed by atoms with E-state index in [9.17, 15) is 4.79 Å². The third-order valence-electron chi connectivity index (χ3n) is 3.83. The van der Waals surface area contributed by atoms with Gasteiger partial charge in [0.05, 0.1) is 30.5 Å². The maximum atomic E-state index is 12.1. The van der Waals surface area contributed by atoms with Crippen LogP contribution in [0.15, 0.2) is 32.6 Å². The van der Waals surface area contributed by atoms with Crippen LogP contribution in [-0.2, 0) is 22.6 Å². The number of nitrogens with zero attached hydrogens (tertiary/aromatic N) is 2. The van der Waals surface area contributed by atoms with Crippen LogP contribution in [0.2, 0.25) is 0 Å². The van der Waals surface area contributed by atoms with Crippen LogP contribution in [0.25, 0.3) is 10.6 Å². The van der Waals surface area contributed by atoms with Crippen molar-refractivity contribution >= 4 is 33.2 Å². The minimum Gasteiger partial charge on any atom is -0.496 e. The van der Waals surface area contributed by atoms with Crippen molar-refractivity contribution in [2.75, 3.05) is 7.11 Å². The predicted molar refractivity (Wildman–Crippen MR) is 101 cm³/mol. The Morgan fingerprint density at radius 2 is 2.15 bits per heavy atom. The van der Waals surface area contributed by atoms with E-state index in [2.05, 4.69) is 26.1 Å². The first-order valence-corrected chi connectivity index (χ1v) is 9.51. The molecule has 8 heteroatoms. The molecule has 0 unspecified atom stereocenters. The van der Waals surface area contributed by atoms with Crippen LogP contribution < -0.4 is 4.74 Å². The lowest BCUT2D eigenvalue weighted by atomic mass is 10.1. The number of methoxy groups -OCH3 is 1. The van der Waals surface area contributed by atoms with Gasteiger partial charge >= 0.3 is 5.97 Å². The fourth-order valence-corrected chi connectivity index (χ4v) is 3.63. The molecule has 2 heterocycles. The molecule has 6 nitrogen and oxygen atoms in total. The van der Waals surface area contributed by atoms with Gasteiger partial charge in [-0.2, -0.15) is 0 Å². The number of halogens is 1. The number of rotatable bonds is 6. The van der Waals surface area contributed by atoms with Gasteiger partial charge in [-0.15, -0.1) is 11.3 Å². The molecular weight excluding hydrogens is 420 g/mol. The van der Waals surface area contributed by atoms with Crippen LogP contribution in [0, 0.1) is 13.8 Å². The fourth-order valence-electron chi connectivity index (χ4n) is 2.45. The van der Waals surface area contributed by atoms with Crippen molar-refractivity contribution in [1.82, 2.24) is 10.1 Å². The van der Waals surface area contributed by atoms with Crippen molar-refractivity contribution in [2.24, 2.45) is 0 Å². The first-order valence-electron chi connectivity index (χ1n) is 7.83. The number of thiazole rings is 1. The Balaban J connectivity index is 1.66. The fraction of sp³-hybridized carbons (Fsp3) is 0.278. The molecule has 0 spiro atoms. The zero-order valence-electron chi connectivity index (χ0n) is 14.5. The monoisotopic (exact) mass is 436 g/mol. The highest BCUT2D eigenvalue weighted by Crippen LogP contribution is 2.34. The minimum atomic E-state index is -0.339. The van der Waals surface area contributed by atoms with Gasteiger partial charge in [-0.25, -0.2) is 4.98 Å². The number of esters is 1. The maximum Gasteiger partial charge on any atom is 0.310 e. The molecular formula is C18H17BrN2O4S. The second kappa shape index (κ2) is 8.01. The molecule has 0 radical (unpaired) electrons. The molecule has 0 aliphatic rings. The summed E-state index contributed by atoms with van der Waals surface area (Å²) in [5, 5.41) is 6.52. The number of carbonyl (C=O) groups excluding carboxylic acids is 1. The van der Waals surface area contributed by atoms with Gasteiger partial charge in [-0.05, 0) is 32.0 Å². The van der Waals surface area contributed by atoms with Gasteiger partial charge in [0.25, 0.3) is 0 Å². The molecule has 0 bridgehead atoms. The first-order chi connectivity index (χ1) is 12.5. The highest BCUT2D eigenvalue weighted by Gasteiger charge is 2.16. The second-order valence-electron chi connectivity index (χ2n) is 5.63. The summed E-state index contributed by atoms with van der Waals surface area (Å²) in [6, 6.07) is 5.74. The van der Waals surface area contributed by atoms with Crippen LogP contribution in [0.3, 0.4) is 0 Å². The summed E-state index contributed by atoms with van der Waals surface area (Å²) in [5.41, 5.74) is 3.06. The highest BCUT2D eigenvalue weighted by molar-refractivity contribution is 9.10. The van der Waals surface area contributed by atoms with Crippen LogP contribution in [0.4, 0.5) is 0 Å². The minimum absolute atomic E-state index is 0.120. The molecule has 0 aliphatic heterocycles. The summed E-state index contributed by atoms with van der Waals surface area (Å²) in [6.07, 6.45) is 0.137. The largest absolute Gasteiger partial charge is 0.496 e. The smallest absolute Gasteiger partial charge is 0.310 e. The van der Waals surface area contributed by atoms with E-state index < -0.39 is 0 Å². The summed E-state index contributed by atoms with van der Waals surface area (Å²) in [6.45, 7) is 3.70. The van der Waals surface area contributed by atoms with E-state index in [-0.39, 0.29) is 19.0 Å². The van der Waals surface area contributed by atoms with Crippen molar-refractivity contribution in [1.29, 1.82) is 0 Å². The van der Waals surface area contributed by atoms with Crippen molar-refractivity contribution in [3.63, 3.8) is 0 Å². The van der Waals surface area contributed by atoms with Crippen LogP contribution >= 0.6 is 27.3 Å². The number of hydrogen-bond acceptors (Lipinski definition) is 7. The Labute approximate surface area is 163 Å². The van der Waals surface area contributed by atoms with Crippen LogP contribution in [0.1, 0.15) is 22.7 Å². The molecule has 0 saturated carbocycles. The molecule has 1 aromatic carbocycles. The molecule has 3 aromatic rings. The molecule has 26 heavy (non-hydrogen) atoms. The summed E-state index contributed by atoms with van der Waals surface area (Å²) in [7, 11) is 1.62. The second-order valence-corrected chi connectivity index (χ2v) is 7.40. The lowest BCUT2D eigenvalue weighted by Gasteiger charge is -2.06. The average Bonchev–Trinajstić information content (AvgIpc) is 3.22. The van der Waals surface area contributed by atoms with Gasteiger partial charge in [0, 0.05) is 15.4 Å². The standard InChI is InChI=1S/C18H17BrN2O4S/c1-10-14(11(2)25-21-10)7-17(22)24-8-13-9-26-18(20-13)15-6-12(19)4-5-16(15)23-3/h4-6,9H,7-8H2,1-3H3. The Kier molecular flexibility index (Phi) is 5.73. The van der Waals surface area contributed by atoms with Gasteiger partial charge in [-0.1, -0.05) is 21.1 Å². The molecule has 0 aliphatic carbocycles. The molecule has 0 saturated heterocycles. The Morgan fingerprint density at radius 3 is 2.85 bits per heavy atom. The van der Waals surface area contributed by atoms with E-state index in [1.807, 2.05) is 23.6 Å². The molecule has 3 rings (SSSR count). The van der Waals surface area contributed by atoms with Crippen LogP contribution in [-0.4, -0.2) is 23.2 Å². The van der Waals surface area contributed by atoms with E-state index in [0.717, 1.165) is 26.4 Å². The van der Waals surface area contributed by atoms with E-state index >= 15 is 0 Å². The summed E-state index contributed by atoms with van der Waals surface area (Å²) >= 11 is 4.93. The molecule has 2 aromatic heterocycles. The first kappa shape index (κ1) is 18.6. The highest BCUT2D eigenvalue weighted by atomic mass is 79.9. The number of ether oxygens (including phenoxy) is 2. The third kappa shape index (κ3) is 4.13. The van der Waals surface area contributed by atoms with Gasteiger partial charge in [-0.3, -0.25) is 4.79 Å². The molecule has 0 N–H and O–H groups in total. The lowest BCUT2D eigenvalue weighted by Crippen LogP contribution is -2.09. The third-order valence-corrected chi connectivity index (χ3v) is 5.24. The van der Waals surface area contributed by atoms with E-state index in [1.54, 1.807) is 21.0 Å².